The first-order valence-corrected chi connectivity index (χ1v) is 15.4. The van der Waals surface area contributed by atoms with Gasteiger partial charge in [0.05, 0.1) is 17.7 Å². The number of ether oxygens (including phenoxy) is 1. The molecule has 8 nitrogen and oxygen atoms in total. The quantitative estimate of drug-likeness (QED) is 0.262. The fourth-order valence-corrected chi connectivity index (χ4v) is 6.08. The van der Waals surface area contributed by atoms with Crippen LogP contribution in [-0.2, 0) is 26.2 Å². The maximum Gasteiger partial charge on any atom is 0.264 e. The van der Waals surface area contributed by atoms with E-state index in [0.29, 0.717) is 34.3 Å². The van der Waals surface area contributed by atoms with E-state index < -0.39 is 28.5 Å². The second kappa shape index (κ2) is 14.6. The zero-order valence-electron chi connectivity index (χ0n) is 23.5. The average molecular weight is 621 g/mol. The van der Waals surface area contributed by atoms with Gasteiger partial charge < -0.3 is 15.0 Å². The van der Waals surface area contributed by atoms with Gasteiger partial charge in [0.25, 0.3) is 10.0 Å². The number of halogens is 2. The number of nitrogens with zero attached hydrogens (tertiary/aromatic N) is 2. The lowest BCUT2D eigenvalue weighted by atomic mass is 10.1. The molecule has 0 bridgehead atoms. The predicted octanol–water partition coefficient (Wildman–Crippen LogP) is 5.78. The van der Waals surface area contributed by atoms with Gasteiger partial charge in [-0.05, 0) is 66.4 Å². The molecule has 3 aromatic rings. The van der Waals surface area contributed by atoms with E-state index in [1.165, 1.54) is 24.1 Å². The number of nitrogens with one attached hydrogen (secondary N) is 1. The minimum absolute atomic E-state index is 0.0235. The van der Waals surface area contributed by atoms with Crippen molar-refractivity contribution in [1.29, 1.82) is 0 Å². The largest absolute Gasteiger partial charge is 0.497 e. The third-order valence-electron chi connectivity index (χ3n) is 6.40. The number of amides is 2. The number of anilines is 1. The summed E-state index contributed by atoms with van der Waals surface area (Å²) in [6, 6.07) is 18.3. The second-order valence-corrected chi connectivity index (χ2v) is 12.5. The molecule has 3 rings (SSSR count). The van der Waals surface area contributed by atoms with Gasteiger partial charge in [0.1, 0.15) is 18.3 Å². The Bertz CT molecular complexity index is 1430. The number of hydrogen-bond acceptors (Lipinski definition) is 5. The number of carbonyl (C=O) groups excluding carboxylic acids is 2. The zero-order chi connectivity index (χ0) is 30.2. The molecule has 41 heavy (non-hydrogen) atoms. The van der Waals surface area contributed by atoms with Crippen LogP contribution in [0.5, 0.6) is 5.75 Å². The standard InChI is InChI=1S/C30H35Cl2N3O5S/c1-5-28(30(37)33-18-21(2)3)34(19-22-11-12-23(31)17-27(22)32)29(36)20-35(24-13-15-25(40-4)16-14-24)41(38,39)26-9-7-6-8-10-26/h6-17,21,28H,5,18-20H2,1-4H3,(H,33,37)/t28-/m1/s1. The Kier molecular flexibility index (Phi) is 11.5. The molecule has 0 aliphatic carbocycles. The Hall–Kier alpha value is -3.27. The fraction of sp³-hybridized carbons (Fsp3) is 0.333. The molecule has 0 fully saturated rings. The molecule has 3 aromatic carbocycles. The highest BCUT2D eigenvalue weighted by molar-refractivity contribution is 7.92. The Morgan fingerprint density at radius 1 is 0.976 bits per heavy atom. The van der Waals surface area contributed by atoms with Crippen LogP contribution in [0.25, 0.3) is 0 Å². The van der Waals surface area contributed by atoms with Crippen molar-refractivity contribution in [3.63, 3.8) is 0 Å². The van der Waals surface area contributed by atoms with Crippen LogP contribution >= 0.6 is 23.2 Å². The maximum atomic E-state index is 14.1. The monoisotopic (exact) mass is 619 g/mol. The van der Waals surface area contributed by atoms with Crippen molar-refractivity contribution in [2.45, 2.75) is 44.7 Å². The Balaban J connectivity index is 2.06. The van der Waals surface area contributed by atoms with Gasteiger partial charge in [-0.1, -0.05) is 68.2 Å². The summed E-state index contributed by atoms with van der Waals surface area (Å²) in [5, 5.41) is 3.66. The third kappa shape index (κ3) is 8.38. The number of carbonyl (C=O) groups is 2. The van der Waals surface area contributed by atoms with Crippen LogP contribution < -0.4 is 14.4 Å². The van der Waals surface area contributed by atoms with Crippen LogP contribution in [0.3, 0.4) is 0 Å². The van der Waals surface area contributed by atoms with Gasteiger partial charge in [-0.25, -0.2) is 8.42 Å². The molecule has 0 saturated carbocycles. The van der Waals surface area contributed by atoms with E-state index in [4.69, 9.17) is 27.9 Å². The SMILES string of the molecule is CC[C@H](C(=O)NCC(C)C)N(Cc1ccc(Cl)cc1Cl)C(=O)CN(c1ccc(OC)cc1)S(=O)(=O)c1ccccc1. The molecule has 1 N–H and O–H groups in total. The first-order valence-electron chi connectivity index (χ1n) is 13.2. The van der Waals surface area contributed by atoms with E-state index in [9.17, 15) is 18.0 Å². The maximum absolute atomic E-state index is 14.1. The summed E-state index contributed by atoms with van der Waals surface area (Å²) >= 11 is 12.5. The summed E-state index contributed by atoms with van der Waals surface area (Å²) in [4.78, 5) is 28.8. The van der Waals surface area contributed by atoms with Gasteiger partial charge in [-0.3, -0.25) is 13.9 Å². The highest BCUT2D eigenvalue weighted by Gasteiger charge is 2.34. The highest BCUT2D eigenvalue weighted by atomic mass is 35.5. The van der Waals surface area contributed by atoms with Gasteiger partial charge in [0.2, 0.25) is 11.8 Å². The summed E-state index contributed by atoms with van der Waals surface area (Å²) < 4.78 is 34.0. The number of methoxy groups -OCH3 is 1. The molecule has 1 atom stereocenters. The Morgan fingerprint density at radius 2 is 1.63 bits per heavy atom. The van der Waals surface area contributed by atoms with E-state index in [-0.39, 0.29) is 29.0 Å². The molecule has 2 amide bonds. The lowest BCUT2D eigenvalue weighted by molar-refractivity contribution is -0.140. The molecule has 0 saturated heterocycles. The van der Waals surface area contributed by atoms with Crippen molar-refractivity contribution in [3.05, 3.63) is 88.4 Å². The van der Waals surface area contributed by atoms with Crippen molar-refractivity contribution in [2.75, 3.05) is 24.5 Å². The smallest absolute Gasteiger partial charge is 0.264 e. The van der Waals surface area contributed by atoms with Crippen LogP contribution in [-0.4, -0.2) is 51.4 Å². The van der Waals surface area contributed by atoms with E-state index in [1.807, 2.05) is 13.8 Å². The van der Waals surface area contributed by atoms with Crippen LogP contribution in [0.4, 0.5) is 5.69 Å². The Labute approximate surface area is 252 Å². The summed E-state index contributed by atoms with van der Waals surface area (Å²) in [5.41, 5.74) is 0.839. The van der Waals surface area contributed by atoms with Crippen molar-refractivity contribution < 1.29 is 22.7 Å². The lowest BCUT2D eigenvalue weighted by Gasteiger charge is -2.33. The molecule has 0 aliphatic rings. The van der Waals surface area contributed by atoms with Crippen molar-refractivity contribution in [1.82, 2.24) is 10.2 Å². The van der Waals surface area contributed by atoms with Crippen LogP contribution in [0.2, 0.25) is 10.0 Å². The first-order chi connectivity index (χ1) is 19.5. The normalized spacial score (nSPS) is 12.1. The van der Waals surface area contributed by atoms with E-state index in [0.717, 1.165) is 4.31 Å². The minimum atomic E-state index is -4.16. The summed E-state index contributed by atoms with van der Waals surface area (Å²) in [6.07, 6.45) is 0.300. The fourth-order valence-electron chi connectivity index (χ4n) is 4.17. The second-order valence-electron chi connectivity index (χ2n) is 9.84. The third-order valence-corrected chi connectivity index (χ3v) is 8.77. The number of sulfonamides is 1. The highest BCUT2D eigenvalue weighted by Crippen LogP contribution is 2.28. The van der Waals surface area contributed by atoms with Gasteiger partial charge in [0, 0.05) is 23.1 Å². The topological polar surface area (TPSA) is 96.0 Å². The summed E-state index contributed by atoms with van der Waals surface area (Å²) in [6.45, 7) is 5.59. The van der Waals surface area contributed by atoms with Gasteiger partial charge in [-0.2, -0.15) is 0 Å². The average Bonchev–Trinajstić information content (AvgIpc) is 2.96. The first kappa shape index (κ1) is 32.2. The minimum Gasteiger partial charge on any atom is -0.497 e. The van der Waals surface area contributed by atoms with Crippen molar-refractivity contribution in [2.24, 2.45) is 5.92 Å². The van der Waals surface area contributed by atoms with Crippen molar-refractivity contribution >= 4 is 50.7 Å². The molecular formula is C30H35Cl2N3O5S. The lowest BCUT2D eigenvalue weighted by Crippen LogP contribution is -2.52. The van der Waals surface area contributed by atoms with E-state index >= 15 is 0 Å². The number of benzene rings is 3. The van der Waals surface area contributed by atoms with Crippen LogP contribution in [0.15, 0.2) is 77.7 Å². The molecule has 0 aliphatic heterocycles. The molecule has 220 valence electrons. The molecule has 11 heteroatoms. The van der Waals surface area contributed by atoms with Crippen molar-refractivity contribution in [3.8, 4) is 5.75 Å². The molecule has 0 radical (unpaired) electrons. The number of hydrogen-bond donors (Lipinski definition) is 1. The molecule has 0 spiro atoms. The predicted molar refractivity (Wildman–Crippen MR) is 163 cm³/mol. The van der Waals surface area contributed by atoms with Gasteiger partial charge >= 0.3 is 0 Å². The molecule has 0 heterocycles. The molecule has 0 unspecified atom stereocenters. The van der Waals surface area contributed by atoms with Crippen LogP contribution in [0, 0.1) is 5.92 Å². The summed E-state index contributed by atoms with van der Waals surface area (Å²) in [5.74, 6) is -0.170. The van der Waals surface area contributed by atoms with Gasteiger partial charge in [-0.15, -0.1) is 0 Å². The van der Waals surface area contributed by atoms with Gasteiger partial charge in [0.15, 0.2) is 0 Å². The zero-order valence-corrected chi connectivity index (χ0v) is 25.8. The summed E-state index contributed by atoms with van der Waals surface area (Å²) in [7, 11) is -2.66. The van der Waals surface area contributed by atoms with E-state index in [1.54, 1.807) is 67.6 Å². The van der Waals surface area contributed by atoms with E-state index in [2.05, 4.69) is 5.32 Å². The number of rotatable bonds is 13. The Morgan fingerprint density at radius 3 is 2.20 bits per heavy atom. The van der Waals surface area contributed by atoms with Crippen LogP contribution in [0.1, 0.15) is 32.8 Å². The molecular weight excluding hydrogens is 585 g/mol. The molecule has 0 aromatic heterocycles.